The highest BCUT2D eigenvalue weighted by molar-refractivity contribution is 9.10. The summed E-state index contributed by atoms with van der Waals surface area (Å²) in [4.78, 5) is 16.5. The fourth-order valence-corrected chi connectivity index (χ4v) is 3.29. The van der Waals surface area contributed by atoms with Crippen LogP contribution in [0.5, 0.6) is 0 Å². The van der Waals surface area contributed by atoms with Crippen molar-refractivity contribution in [2.75, 3.05) is 0 Å². The van der Waals surface area contributed by atoms with Crippen molar-refractivity contribution in [2.24, 2.45) is 0 Å². The van der Waals surface area contributed by atoms with Gasteiger partial charge in [0.25, 0.3) is 0 Å². The van der Waals surface area contributed by atoms with E-state index >= 15 is 0 Å². The van der Waals surface area contributed by atoms with Crippen molar-refractivity contribution in [3.63, 3.8) is 0 Å². The lowest BCUT2D eigenvalue weighted by Gasteiger charge is -2.10. The molecule has 2 heterocycles. The first-order chi connectivity index (χ1) is 11.6. The molecule has 0 spiro atoms. The minimum Gasteiger partial charge on any atom is -0.458 e. The van der Waals surface area contributed by atoms with E-state index in [-0.39, 0.29) is 17.8 Å². The van der Waals surface area contributed by atoms with E-state index in [0.717, 1.165) is 21.6 Å². The zero-order valence-electron chi connectivity index (χ0n) is 13.2. The number of fused-ring (bicyclic) bond motifs is 1. The lowest BCUT2D eigenvalue weighted by Crippen LogP contribution is -2.17. The van der Waals surface area contributed by atoms with E-state index in [1.807, 2.05) is 66.2 Å². The van der Waals surface area contributed by atoms with E-state index in [4.69, 9.17) is 4.74 Å². The summed E-state index contributed by atoms with van der Waals surface area (Å²) >= 11 is 4.98. The SMILES string of the molecule is C[C@@H](SCc1ccc(Br)cc1)C(=O)OCc1cn2ccccc2n1. The molecule has 124 valence electrons. The van der Waals surface area contributed by atoms with Crippen LogP contribution in [-0.4, -0.2) is 20.6 Å². The second kappa shape index (κ2) is 7.85. The first-order valence-corrected chi connectivity index (χ1v) is 9.41. The van der Waals surface area contributed by atoms with Crippen molar-refractivity contribution in [1.82, 2.24) is 9.38 Å². The van der Waals surface area contributed by atoms with Crippen molar-refractivity contribution < 1.29 is 9.53 Å². The lowest BCUT2D eigenvalue weighted by molar-refractivity contribution is -0.144. The number of ether oxygens (including phenoxy) is 1. The fourth-order valence-electron chi connectivity index (χ4n) is 2.19. The molecule has 0 aliphatic carbocycles. The average molecular weight is 405 g/mol. The number of halogens is 1. The third kappa shape index (κ3) is 4.39. The van der Waals surface area contributed by atoms with Gasteiger partial charge in [-0.15, -0.1) is 11.8 Å². The highest BCUT2D eigenvalue weighted by Gasteiger charge is 2.16. The van der Waals surface area contributed by atoms with Gasteiger partial charge in [0.05, 0.1) is 10.9 Å². The van der Waals surface area contributed by atoms with Crippen LogP contribution in [0.4, 0.5) is 0 Å². The molecule has 0 bridgehead atoms. The number of pyridine rings is 1. The smallest absolute Gasteiger partial charge is 0.319 e. The van der Waals surface area contributed by atoms with Crippen LogP contribution < -0.4 is 0 Å². The number of carbonyl (C=O) groups is 1. The van der Waals surface area contributed by atoms with Crippen molar-refractivity contribution in [3.8, 4) is 0 Å². The quantitative estimate of drug-likeness (QED) is 0.568. The van der Waals surface area contributed by atoms with Crippen LogP contribution in [0, 0.1) is 0 Å². The van der Waals surface area contributed by atoms with Crippen LogP contribution in [0.3, 0.4) is 0 Å². The number of nitrogens with zero attached hydrogens (tertiary/aromatic N) is 2. The summed E-state index contributed by atoms with van der Waals surface area (Å²) in [7, 11) is 0. The van der Waals surface area contributed by atoms with E-state index in [1.54, 1.807) is 11.8 Å². The Hall–Kier alpha value is -1.79. The maximum atomic E-state index is 12.1. The highest BCUT2D eigenvalue weighted by atomic mass is 79.9. The second-order valence-electron chi connectivity index (χ2n) is 5.39. The third-order valence-corrected chi connectivity index (χ3v) is 5.24. The molecule has 0 N–H and O–H groups in total. The van der Waals surface area contributed by atoms with Crippen LogP contribution in [0.2, 0.25) is 0 Å². The van der Waals surface area contributed by atoms with Gasteiger partial charge in [-0.05, 0) is 36.8 Å². The van der Waals surface area contributed by atoms with E-state index < -0.39 is 0 Å². The number of aromatic nitrogens is 2. The zero-order valence-corrected chi connectivity index (χ0v) is 15.6. The zero-order chi connectivity index (χ0) is 16.9. The summed E-state index contributed by atoms with van der Waals surface area (Å²) in [5, 5.41) is -0.217. The molecule has 0 aliphatic heterocycles. The summed E-state index contributed by atoms with van der Waals surface area (Å²) in [6.07, 6.45) is 3.80. The molecule has 0 amide bonds. The predicted octanol–water partition coefficient (Wildman–Crippen LogP) is 4.46. The van der Waals surface area contributed by atoms with Crippen LogP contribution in [-0.2, 0) is 21.9 Å². The van der Waals surface area contributed by atoms with Gasteiger partial charge >= 0.3 is 5.97 Å². The Kier molecular flexibility index (Phi) is 5.58. The first-order valence-electron chi connectivity index (χ1n) is 7.57. The average Bonchev–Trinajstić information content (AvgIpc) is 3.01. The van der Waals surface area contributed by atoms with Gasteiger partial charge in [-0.2, -0.15) is 0 Å². The summed E-state index contributed by atoms with van der Waals surface area (Å²) in [6, 6.07) is 13.9. The minimum atomic E-state index is -0.217. The number of carbonyl (C=O) groups excluding carboxylic acids is 1. The first kappa shape index (κ1) is 17.0. The summed E-state index contributed by atoms with van der Waals surface area (Å²) in [6.45, 7) is 2.07. The van der Waals surface area contributed by atoms with Gasteiger partial charge in [0.2, 0.25) is 0 Å². The van der Waals surface area contributed by atoms with E-state index in [0.29, 0.717) is 0 Å². The van der Waals surface area contributed by atoms with Crippen LogP contribution in [0.25, 0.3) is 5.65 Å². The second-order valence-corrected chi connectivity index (χ2v) is 7.63. The van der Waals surface area contributed by atoms with E-state index in [2.05, 4.69) is 20.9 Å². The van der Waals surface area contributed by atoms with Gasteiger partial charge in [-0.25, -0.2) is 4.98 Å². The fraction of sp³-hybridized carbons (Fsp3) is 0.222. The molecule has 0 saturated carbocycles. The molecule has 24 heavy (non-hydrogen) atoms. The monoisotopic (exact) mass is 404 g/mol. The molecule has 4 nitrogen and oxygen atoms in total. The van der Waals surface area contributed by atoms with E-state index in [9.17, 15) is 4.79 Å². The van der Waals surface area contributed by atoms with Gasteiger partial charge < -0.3 is 9.14 Å². The number of rotatable bonds is 6. The lowest BCUT2D eigenvalue weighted by atomic mass is 10.2. The summed E-state index contributed by atoms with van der Waals surface area (Å²) in [5.41, 5.74) is 2.78. The van der Waals surface area contributed by atoms with Crippen molar-refractivity contribution in [3.05, 3.63) is 70.6 Å². The number of hydrogen-bond acceptors (Lipinski definition) is 4. The predicted molar refractivity (Wildman–Crippen MR) is 99.9 cm³/mol. The Morgan fingerprint density at radius 2 is 2.08 bits per heavy atom. The molecule has 2 aromatic heterocycles. The molecule has 6 heteroatoms. The van der Waals surface area contributed by atoms with Gasteiger partial charge in [-0.1, -0.05) is 34.1 Å². The highest BCUT2D eigenvalue weighted by Crippen LogP contribution is 2.20. The maximum Gasteiger partial charge on any atom is 0.319 e. The largest absolute Gasteiger partial charge is 0.458 e. The minimum absolute atomic E-state index is 0.198. The number of hydrogen-bond donors (Lipinski definition) is 0. The van der Waals surface area contributed by atoms with Crippen molar-refractivity contribution in [2.45, 2.75) is 24.5 Å². The Morgan fingerprint density at radius 1 is 1.29 bits per heavy atom. The molecule has 0 unspecified atom stereocenters. The van der Waals surface area contributed by atoms with Gasteiger partial charge in [0, 0.05) is 22.6 Å². The standard InChI is InChI=1S/C18H17BrN2O2S/c1-13(24-12-14-5-7-15(19)8-6-14)18(22)23-11-16-10-21-9-3-2-4-17(21)20-16/h2-10,13H,11-12H2,1H3/t13-/m1/s1. The van der Waals surface area contributed by atoms with E-state index in [1.165, 1.54) is 5.56 Å². The molecule has 1 atom stereocenters. The molecule has 3 aromatic rings. The molecule has 0 aliphatic rings. The topological polar surface area (TPSA) is 43.6 Å². The normalized spacial score (nSPS) is 12.2. The summed E-state index contributed by atoms with van der Waals surface area (Å²) in [5.74, 6) is 0.562. The van der Waals surface area contributed by atoms with Gasteiger partial charge in [-0.3, -0.25) is 4.79 Å². The molecule has 0 radical (unpaired) electrons. The Balaban J connectivity index is 1.49. The molecular weight excluding hydrogens is 388 g/mol. The molecule has 0 saturated heterocycles. The number of benzene rings is 1. The number of thioether (sulfide) groups is 1. The maximum absolute atomic E-state index is 12.1. The van der Waals surface area contributed by atoms with Crippen molar-refractivity contribution >= 4 is 39.3 Å². The summed E-state index contributed by atoms with van der Waals surface area (Å²) < 4.78 is 8.35. The van der Waals surface area contributed by atoms with Gasteiger partial charge in [0.15, 0.2) is 0 Å². The third-order valence-electron chi connectivity index (χ3n) is 3.52. The van der Waals surface area contributed by atoms with Crippen LogP contribution in [0.1, 0.15) is 18.2 Å². The van der Waals surface area contributed by atoms with Gasteiger partial charge in [0.1, 0.15) is 12.3 Å². The van der Waals surface area contributed by atoms with Crippen LogP contribution >= 0.6 is 27.7 Å². The molecule has 1 aromatic carbocycles. The molecule has 3 rings (SSSR count). The van der Waals surface area contributed by atoms with Crippen LogP contribution in [0.15, 0.2) is 59.3 Å². The number of imidazole rings is 1. The molecule has 0 fully saturated rings. The Labute approximate surface area is 153 Å². The van der Waals surface area contributed by atoms with Crippen molar-refractivity contribution in [1.29, 1.82) is 0 Å². The molecular formula is C18H17BrN2O2S. The number of esters is 1. The Bertz CT molecular complexity index is 799. The Morgan fingerprint density at radius 3 is 2.83 bits per heavy atom.